The van der Waals surface area contributed by atoms with Gasteiger partial charge in [-0.2, -0.15) is 0 Å². The highest BCUT2D eigenvalue weighted by Crippen LogP contribution is 2.33. The highest BCUT2D eigenvalue weighted by atomic mass is 19.1. The average Bonchev–Trinajstić information content (AvgIpc) is 3.43. The number of hydrogen-bond acceptors (Lipinski definition) is 3. The van der Waals surface area contributed by atoms with Gasteiger partial charge in [-0.3, -0.25) is 4.79 Å². The van der Waals surface area contributed by atoms with Crippen molar-refractivity contribution < 1.29 is 18.7 Å². The number of amides is 1. The summed E-state index contributed by atoms with van der Waals surface area (Å²) in [6, 6.07) is 11.7. The fraction of sp³-hybridized carbons (Fsp3) is 0.316. The Morgan fingerprint density at radius 1 is 1.17 bits per heavy atom. The maximum absolute atomic E-state index is 13.4. The van der Waals surface area contributed by atoms with Gasteiger partial charge in [0.15, 0.2) is 0 Å². The monoisotopic (exact) mass is 329 g/mol. The van der Waals surface area contributed by atoms with Crippen LogP contribution in [0.15, 0.2) is 42.5 Å². The molecule has 5 heteroatoms. The second-order valence-electron chi connectivity index (χ2n) is 5.86. The van der Waals surface area contributed by atoms with Crippen LogP contribution in [0.1, 0.15) is 28.8 Å². The number of hydrogen-bond donors (Lipinski definition) is 0. The van der Waals surface area contributed by atoms with Crippen molar-refractivity contribution in [2.75, 3.05) is 14.2 Å². The standard InChI is InChI=1S/C19H20FNO3/c1-23-16-8-9-17(18(11-16)24-2)19(22)21(15-6-7-15)12-13-4-3-5-14(20)10-13/h3-5,8-11,15H,6-7,12H2,1-2H3. The zero-order chi connectivity index (χ0) is 17.1. The SMILES string of the molecule is COc1ccc(C(=O)N(Cc2cccc(F)c2)C2CC2)c(OC)c1. The van der Waals surface area contributed by atoms with Gasteiger partial charge in [0.1, 0.15) is 17.3 Å². The summed E-state index contributed by atoms with van der Waals surface area (Å²) in [6.07, 6.45) is 1.94. The van der Waals surface area contributed by atoms with E-state index in [2.05, 4.69) is 0 Å². The highest BCUT2D eigenvalue weighted by Gasteiger charge is 2.34. The molecule has 0 saturated heterocycles. The van der Waals surface area contributed by atoms with Crippen molar-refractivity contribution in [2.45, 2.75) is 25.4 Å². The molecule has 0 spiro atoms. The fourth-order valence-corrected chi connectivity index (χ4v) is 2.71. The maximum Gasteiger partial charge on any atom is 0.258 e. The Bertz CT molecular complexity index is 743. The van der Waals surface area contributed by atoms with Crippen LogP contribution in [0.2, 0.25) is 0 Å². The van der Waals surface area contributed by atoms with E-state index in [1.165, 1.54) is 19.2 Å². The second-order valence-corrected chi connectivity index (χ2v) is 5.86. The molecule has 1 saturated carbocycles. The van der Waals surface area contributed by atoms with Crippen LogP contribution < -0.4 is 9.47 Å². The quantitative estimate of drug-likeness (QED) is 0.812. The van der Waals surface area contributed by atoms with Crippen LogP contribution in [0.3, 0.4) is 0 Å². The van der Waals surface area contributed by atoms with Crippen molar-refractivity contribution >= 4 is 5.91 Å². The Kier molecular flexibility index (Phi) is 4.69. The van der Waals surface area contributed by atoms with E-state index in [0.29, 0.717) is 23.6 Å². The molecule has 1 aliphatic rings. The van der Waals surface area contributed by atoms with Gasteiger partial charge in [0.2, 0.25) is 0 Å². The van der Waals surface area contributed by atoms with E-state index >= 15 is 0 Å². The Hall–Kier alpha value is -2.56. The second kappa shape index (κ2) is 6.91. The molecule has 24 heavy (non-hydrogen) atoms. The summed E-state index contributed by atoms with van der Waals surface area (Å²) < 4.78 is 23.9. The van der Waals surface area contributed by atoms with Crippen LogP contribution in [0.4, 0.5) is 4.39 Å². The third kappa shape index (κ3) is 3.50. The molecule has 0 bridgehead atoms. The molecule has 0 atom stereocenters. The summed E-state index contributed by atoms with van der Waals surface area (Å²) in [6.45, 7) is 0.385. The van der Waals surface area contributed by atoms with Gasteiger partial charge < -0.3 is 14.4 Å². The van der Waals surface area contributed by atoms with Crippen LogP contribution in [0, 0.1) is 5.82 Å². The van der Waals surface area contributed by atoms with Gasteiger partial charge >= 0.3 is 0 Å². The minimum Gasteiger partial charge on any atom is -0.497 e. The molecule has 0 N–H and O–H groups in total. The van der Waals surface area contributed by atoms with Crippen molar-refractivity contribution in [3.05, 3.63) is 59.4 Å². The molecule has 1 amide bonds. The largest absolute Gasteiger partial charge is 0.497 e. The molecule has 0 heterocycles. The van der Waals surface area contributed by atoms with Crippen molar-refractivity contribution in [3.63, 3.8) is 0 Å². The third-order valence-corrected chi connectivity index (χ3v) is 4.13. The summed E-state index contributed by atoms with van der Waals surface area (Å²) >= 11 is 0. The third-order valence-electron chi connectivity index (χ3n) is 4.13. The van der Waals surface area contributed by atoms with Gasteiger partial charge in [0.25, 0.3) is 5.91 Å². The lowest BCUT2D eigenvalue weighted by molar-refractivity contribution is 0.0726. The molecular weight excluding hydrogens is 309 g/mol. The molecule has 0 aliphatic heterocycles. The fourth-order valence-electron chi connectivity index (χ4n) is 2.71. The highest BCUT2D eigenvalue weighted by molar-refractivity contribution is 5.97. The van der Waals surface area contributed by atoms with Crippen molar-refractivity contribution in [3.8, 4) is 11.5 Å². The van der Waals surface area contributed by atoms with Crippen LogP contribution in [-0.4, -0.2) is 31.1 Å². The first-order chi connectivity index (χ1) is 11.6. The molecule has 2 aromatic carbocycles. The van der Waals surface area contributed by atoms with Gasteiger partial charge in [-0.25, -0.2) is 4.39 Å². The normalized spacial score (nSPS) is 13.5. The van der Waals surface area contributed by atoms with Crippen molar-refractivity contribution in [1.29, 1.82) is 0 Å². The topological polar surface area (TPSA) is 38.8 Å². The van der Waals surface area contributed by atoms with Crippen LogP contribution in [0.5, 0.6) is 11.5 Å². The van der Waals surface area contributed by atoms with E-state index in [0.717, 1.165) is 18.4 Å². The molecule has 2 aromatic rings. The molecular formula is C19H20FNO3. The summed E-state index contributed by atoms with van der Waals surface area (Å²) in [4.78, 5) is 14.8. The summed E-state index contributed by atoms with van der Waals surface area (Å²) in [5.74, 6) is 0.703. The molecule has 1 aliphatic carbocycles. The van der Waals surface area contributed by atoms with Gasteiger partial charge in [0.05, 0.1) is 19.8 Å². The molecule has 4 nitrogen and oxygen atoms in total. The van der Waals surface area contributed by atoms with E-state index < -0.39 is 0 Å². The van der Waals surface area contributed by atoms with E-state index in [9.17, 15) is 9.18 Å². The predicted molar refractivity (Wildman–Crippen MR) is 88.8 cm³/mol. The van der Waals surface area contributed by atoms with E-state index in [-0.39, 0.29) is 17.8 Å². The lowest BCUT2D eigenvalue weighted by atomic mass is 10.1. The number of rotatable bonds is 6. The van der Waals surface area contributed by atoms with Crippen LogP contribution >= 0.6 is 0 Å². The predicted octanol–water partition coefficient (Wildman–Crippen LogP) is 3.65. The van der Waals surface area contributed by atoms with E-state index in [4.69, 9.17) is 9.47 Å². The number of benzene rings is 2. The number of carbonyl (C=O) groups is 1. The van der Waals surface area contributed by atoms with Gasteiger partial charge in [-0.1, -0.05) is 12.1 Å². The Labute approximate surface area is 140 Å². The van der Waals surface area contributed by atoms with Gasteiger partial charge in [-0.15, -0.1) is 0 Å². The number of nitrogens with zero attached hydrogens (tertiary/aromatic N) is 1. The number of halogens is 1. The summed E-state index contributed by atoms with van der Waals surface area (Å²) in [7, 11) is 3.09. The smallest absolute Gasteiger partial charge is 0.258 e. The maximum atomic E-state index is 13.4. The molecule has 0 radical (unpaired) electrons. The first kappa shape index (κ1) is 16.3. The Morgan fingerprint density at radius 2 is 1.96 bits per heavy atom. The van der Waals surface area contributed by atoms with Crippen molar-refractivity contribution in [2.24, 2.45) is 0 Å². The number of ether oxygens (including phenoxy) is 2. The summed E-state index contributed by atoms with van der Waals surface area (Å²) in [5.41, 5.74) is 1.27. The first-order valence-corrected chi connectivity index (χ1v) is 7.90. The van der Waals surface area contributed by atoms with E-state index in [1.54, 1.807) is 36.3 Å². The zero-order valence-corrected chi connectivity index (χ0v) is 13.8. The molecule has 0 unspecified atom stereocenters. The average molecular weight is 329 g/mol. The Morgan fingerprint density at radius 3 is 2.58 bits per heavy atom. The molecule has 3 rings (SSSR count). The van der Waals surface area contributed by atoms with Gasteiger partial charge in [0, 0.05) is 18.7 Å². The molecule has 0 aromatic heterocycles. The van der Waals surface area contributed by atoms with E-state index in [1.807, 2.05) is 6.07 Å². The minimum absolute atomic E-state index is 0.110. The zero-order valence-electron chi connectivity index (χ0n) is 13.8. The number of carbonyl (C=O) groups excluding carboxylic acids is 1. The molecule has 126 valence electrons. The van der Waals surface area contributed by atoms with Gasteiger partial charge in [-0.05, 0) is 42.7 Å². The van der Waals surface area contributed by atoms with Crippen molar-refractivity contribution in [1.82, 2.24) is 4.90 Å². The minimum atomic E-state index is -0.294. The first-order valence-electron chi connectivity index (χ1n) is 7.90. The lowest BCUT2D eigenvalue weighted by Crippen LogP contribution is -2.32. The lowest BCUT2D eigenvalue weighted by Gasteiger charge is -2.24. The van der Waals surface area contributed by atoms with Crippen LogP contribution in [0.25, 0.3) is 0 Å². The number of methoxy groups -OCH3 is 2. The Balaban J connectivity index is 1.87. The van der Waals surface area contributed by atoms with Crippen LogP contribution in [-0.2, 0) is 6.54 Å². The molecule has 1 fully saturated rings. The summed E-state index contributed by atoms with van der Waals surface area (Å²) in [5, 5.41) is 0.